The van der Waals surface area contributed by atoms with Crippen LogP contribution < -0.4 is 0 Å². The summed E-state index contributed by atoms with van der Waals surface area (Å²) in [4.78, 5) is 20.9. The molecule has 0 saturated carbocycles. The molecule has 0 radical (unpaired) electrons. The van der Waals surface area contributed by atoms with E-state index in [1.165, 1.54) is 0 Å². The van der Waals surface area contributed by atoms with Gasteiger partial charge in [-0.3, -0.25) is 9.69 Å². The highest BCUT2D eigenvalue weighted by molar-refractivity contribution is 5.76. The van der Waals surface area contributed by atoms with Crippen LogP contribution in [-0.2, 0) is 16.6 Å². The molecule has 6 heteroatoms. The molecule has 1 fully saturated rings. The van der Waals surface area contributed by atoms with Crippen LogP contribution in [-0.4, -0.2) is 64.7 Å². The van der Waals surface area contributed by atoms with Crippen molar-refractivity contribution in [1.82, 2.24) is 19.4 Å². The van der Waals surface area contributed by atoms with E-state index in [2.05, 4.69) is 16.9 Å². The van der Waals surface area contributed by atoms with Crippen molar-refractivity contribution in [2.24, 2.45) is 7.05 Å². The first-order valence-electron chi connectivity index (χ1n) is 7.56. The van der Waals surface area contributed by atoms with Crippen LogP contribution in [0.3, 0.4) is 0 Å². The highest BCUT2D eigenvalue weighted by Crippen LogP contribution is 2.22. The van der Waals surface area contributed by atoms with E-state index < -0.39 is 0 Å². The van der Waals surface area contributed by atoms with Crippen LogP contribution in [0, 0.1) is 0 Å². The quantitative estimate of drug-likeness (QED) is 0.814. The van der Waals surface area contributed by atoms with Crippen LogP contribution in [0.4, 0.5) is 0 Å². The van der Waals surface area contributed by atoms with Crippen molar-refractivity contribution in [2.45, 2.75) is 32.4 Å². The molecule has 118 valence electrons. The lowest BCUT2D eigenvalue weighted by molar-refractivity contribution is -0.135. The average Bonchev–Trinajstić information content (AvgIpc) is 2.85. The predicted molar refractivity (Wildman–Crippen MR) is 80.9 cm³/mol. The van der Waals surface area contributed by atoms with Gasteiger partial charge in [-0.1, -0.05) is 0 Å². The number of aromatic nitrogens is 2. The van der Waals surface area contributed by atoms with Gasteiger partial charge in [0.2, 0.25) is 5.91 Å². The van der Waals surface area contributed by atoms with Gasteiger partial charge in [0.15, 0.2) is 0 Å². The summed E-state index contributed by atoms with van der Waals surface area (Å²) >= 11 is 0. The number of piperazine rings is 1. The molecule has 1 amide bonds. The standard InChI is InChI=1S/C15H26N4O2/c1-12(2)21-10-5-14(20)19-9-8-17(3)13(11-19)15-16-6-7-18(15)4/h6-7,12-13H,5,8-11H2,1-4H3. The largest absolute Gasteiger partial charge is 0.378 e. The number of carbonyl (C=O) groups excluding carboxylic acids is 1. The molecule has 1 aromatic rings. The van der Waals surface area contributed by atoms with E-state index in [9.17, 15) is 4.79 Å². The lowest BCUT2D eigenvalue weighted by Crippen LogP contribution is -2.49. The van der Waals surface area contributed by atoms with Gasteiger partial charge in [-0.15, -0.1) is 0 Å². The third-order valence-corrected chi connectivity index (χ3v) is 3.92. The smallest absolute Gasteiger partial charge is 0.225 e. The minimum absolute atomic E-state index is 0.161. The summed E-state index contributed by atoms with van der Waals surface area (Å²) < 4.78 is 7.49. The second kappa shape index (κ2) is 7.04. The summed E-state index contributed by atoms with van der Waals surface area (Å²) in [7, 11) is 4.08. The number of rotatable bonds is 5. The molecule has 0 aromatic carbocycles. The van der Waals surface area contributed by atoms with Crippen LogP contribution in [0.25, 0.3) is 0 Å². The van der Waals surface area contributed by atoms with E-state index in [4.69, 9.17) is 4.74 Å². The maximum atomic E-state index is 12.3. The molecule has 0 aliphatic carbocycles. The fourth-order valence-corrected chi connectivity index (χ4v) is 2.62. The minimum atomic E-state index is 0.161. The molecule has 2 rings (SSSR count). The van der Waals surface area contributed by atoms with E-state index in [1.54, 1.807) is 6.20 Å². The van der Waals surface area contributed by atoms with Crippen molar-refractivity contribution in [3.8, 4) is 0 Å². The Morgan fingerprint density at radius 2 is 2.19 bits per heavy atom. The van der Waals surface area contributed by atoms with E-state index >= 15 is 0 Å². The topological polar surface area (TPSA) is 50.6 Å². The maximum absolute atomic E-state index is 12.3. The Labute approximate surface area is 126 Å². The summed E-state index contributed by atoms with van der Waals surface area (Å²) in [6.07, 6.45) is 4.38. The first-order valence-corrected chi connectivity index (χ1v) is 7.56. The van der Waals surface area contributed by atoms with Gasteiger partial charge in [0.05, 0.1) is 25.2 Å². The maximum Gasteiger partial charge on any atom is 0.225 e. The number of likely N-dealkylation sites (N-methyl/N-ethyl adjacent to an activating group) is 1. The highest BCUT2D eigenvalue weighted by Gasteiger charge is 2.30. The Balaban J connectivity index is 1.94. The summed E-state index contributed by atoms with van der Waals surface area (Å²) in [5.41, 5.74) is 0. The molecule has 1 unspecified atom stereocenters. The first kappa shape index (κ1) is 16.0. The molecule has 0 bridgehead atoms. The average molecular weight is 294 g/mol. The molecular weight excluding hydrogens is 268 g/mol. The molecule has 1 aliphatic rings. The van der Waals surface area contributed by atoms with Crippen LogP contribution in [0.1, 0.15) is 32.1 Å². The number of hydrogen-bond acceptors (Lipinski definition) is 4. The van der Waals surface area contributed by atoms with Gasteiger partial charge in [-0.2, -0.15) is 0 Å². The Kier molecular flexibility index (Phi) is 5.36. The number of nitrogens with zero attached hydrogens (tertiary/aromatic N) is 4. The summed E-state index contributed by atoms with van der Waals surface area (Å²) in [6.45, 7) is 6.80. The number of amides is 1. The van der Waals surface area contributed by atoms with E-state index in [1.807, 2.05) is 36.6 Å². The second-order valence-electron chi connectivity index (χ2n) is 5.90. The zero-order chi connectivity index (χ0) is 15.4. The van der Waals surface area contributed by atoms with Crippen molar-refractivity contribution in [1.29, 1.82) is 0 Å². The van der Waals surface area contributed by atoms with Gasteiger partial charge in [0, 0.05) is 39.1 Å². The van der Waals surface area contributed by atoms with Gasteiger partial charge < -0.3 is 14.2 Å². The van der Waals surface area contributed by atoms with Gasteiger partial charge in [-0.25, -0.2) is 4.98 Å². The fraction of sp³-hybridized carbons (Fsp3) is 0.733. The van der Waals surface area contributed by atoms with Crippen molar-refractivity contribution in [2.75, 3.05) is 33.3 Å². The lowest BCUT2D eigenvalue weighted by atomic mass is 10.1. The van der Waals surface area contributed by atoms with Crippen LogP contribution in [0.15, 0.2) is 12.4 Å². The Bertz CT molecular complexity index is 472. The van der Waals surface area contributed by atoms with Gasteiger partial charge in [-0.05, 0) is 20.9 Å². The number of carbonyl (C=O) groups is 1. The molecule has 6 nitrogen and oxygen atoms in total. The molecule has 0 N–H and O–H groups in total. The lowest BCUT2D eigenvalue weighted by Gasteiger charge is -2.39. The number of aryl methyl sites for hydroxylation is 1. The molecule has 21 heavy (non-hydrogen) atoms. The van der Waals surface area contributed by atoms with E-state index in [0.29, 0.717) is 19.6 Å². The molecule has 1 saturated heterocycles. The highest BCUT2D eigenvalue weighted by atomic mass is 16.5. The van der Waals surface area contributed by atoms with Crippen molar-refractivity contribution >= 4 is 5.91 Å². The van der Waals surface area contributed by atoms with Crippen molar-refractivity contribution < 1.29 is 9.53 Å². The number of hydrogen-bond donors (Lipinski definition) is 0. The van der Waals surface area contributed by atoms with Gasteiger partial charge >= 0.3 is 0 Å². The summed E-state index contributed by atoms with van der Waals surface area (Å²) in [5.74, 6) is 1.18. The normalized spacial score (nSPS) is 20.2. The zero-order valence-electron chi connectivity index (χ0n) is 13.5. The van der Waals surface area contributed by atoms with Crippen LogP contribution in [0.2, 0.25) is 0 Å². The molecule has 1 atom stereocenters. The van der Waals surface area contributed by atoms with Crippen molar-refractivity contribution in [3.63, 3.8) is 0 Å². The van der Waals surface area contributed by atoms with E-state index in [0.717, 1.165) is 18.9 Å². The third-order valence-electron chi connectivity index (χ3n) is 3.92. The second-order valence-corrected chi connectivity index (χ2v) is 5.90. The van der Waals surface area contributed by atoms with Gasteiger partial charge in [0.25, 0.3) is 0 Å². The number of ether oxygens (including phenoxy) is 1. The number of imidazole rings is 1. The van der Waals surface area contributed by atoms with E-state index in [-0.39, 0.29) is 18.1 Å². The van der Waals surface area contributed by atoms with Gasteiger partial charge in [0.1, 0.15) is 5.82 Å². The van der Waals surface area contributed by atoms with Crippen LogP contribution >= 0.6 is 0 Å². The van der Waals surface area contributed by atoms with Crippen LogP contribution in [0.5, 0.6) is 0 Å². The predicted octanol–water partition coefficient (Wildman–Crippen LogP) is 1.05. The SMILES string of the molecule is CC(C)OCCC(=O)N1CCN(C)C(c2nccn2C)C1. The molecule has 0 spiro atoms. The zero-order valence-corrected chi connectivity index (χ0v) is 13.5. The van der Waals surface area contributed by atoms with Crippen molar-refractivity contribution in [3.05, 3.63) is 18.2 Å². The fourth-order valence-electron chi connectivity index (χ4n) is 2.62. The third kappa shape index (κ3) is 4.04. The minimum Gasteiger partial charge on any atom is -0.378 e. The molecule has 2 heterocycles. The Morgan fingerprint density at radius 1 is 1.43 bits per heavy atom. The monoisotopic (exact) mass is 294 g/mol. The first-order chi connectivity index (χ1) is 9.99. The Hall–Kier alpha value is -1.40. The summed E-state index contributed by atoms with van der Waals surface area (Å²) in [6, 6.07) is 0.161. The molecule has 1 aromatic heterocycles. The summed E-state index contributed by atoms with van der Waals surface area (Å²) in [5, 5.41) is 0. The molecular formula is C15H26N4O2. The molecule has 1 aliphatic heterocycles. The Morgan fingerprint density at radius 3 is 2.81 bits per heavy atom.